The van der Waals surface area contributed by atoms with Gasteiger partial charge in [0.15, 0.2) is 0 Å². The van der Waals surface area contributed by atoms with Gasteiger partial charge in [0.1, 0.15) is 0 Å². The van der Waals surface area contributed by atoms with E-state index in [1.165, 1.54) is 5.57 Å². The van der Waals surface area contributed by atoms with E-state index >= 15 is 0 Å². The summed E-state index contributed by atoms with van der Waals surface area (Å²) in [5, 5.41) is 2.05. The van der Waals surface area contributed by atoms with Gasteiger partial charge in [0.25, 0.3) is 0 Å². The topological polar surface area (TPSA) is 77.1 Å². The standard InChI is InChI=1S/C24H38AsN7O2/c1-15-6-9-26-22(27-15)32-21(25)19-14-31(24(4,5)20(19)28-32)23(33)30-13-16(2)29(12-17(30)3)18-7-10-34-11-8-18/h6,9,16-18,21,28H,7-8,10-14,25H2,1-5H3/t16-,17+,21?/m1/s1. The molecule has 1 aromatic heterocycles. The van der Waals surface area contributed by atoms with Crippen LogP contribution in [0.25, 0.3) is 0 Å². The van der Waals surface area contributed by atoms with Crippen LogP contribution in [0.1, 0.15) is 46.2 Å². The number of carbonyl (C=O) groups is 1. The van der Waals surface area contributed by atoms with Gasteiger partial charge in [-0.1, -0.05) is 0 Å². The molecule has 0 bridgehead atoms. The van der Waals surface area contributed by atoms with E-state index in [2.05, 4.69) is 62.8 Å². The summed E-state index contributed by atoms with van der Waals surface area (Å²) in [7, 11) is 0. The summed E-state index contributed by atoms with van der Waals surface area (Å²) in [6.45, 7) is 14.8. The second-order valence-electron chi connectivity index (χ2n) is 10.6. The van der Waals surface area contributed by atoms with Crippen molar-refractivity contribution in [2.45, 2.75) is 76.0 Å². The Hall–Kier alpha value is -1.83. The molecule has 0 spiro atoms. The van der Waals surface area contributed by atoms with Gasteiger partial charge in [-0.05, 0) is 0 Å². The predicted octanol–water partition coefficient (Wildman–Crippen LogP) is 1.11. The fourth-order valence-electron chi connectivity index (χ4n) is 5.90. The summed E-state index contributed by atoms with van der Waals surface area (Å²) in [5.74, 6) is 0.684. The zero-order valence-electron chi connectivity index (χ0n) is 21.0. The molecule has 4 atom stereocenters. The number of nitrogens with zero attached hydrogens (tertiary/aromatic N) is 6. The van der Waals surface area contributed by atoms with E-state index in [4.69, 9.17) is 4.74 Å². The van der Waals surface area contributed by atoms with Crippen LogP contribution in [0.5, 0.6) is 0 Å². The molecule has 34 heavy (non-hydrogen) atoms. The van der Waals surface area contributed by atoms with Crippen molar-refractivity contribution in [2.24, 2.45) is 0 Å². The van der Waals surface area contributed by atoms with Crippen LogP contribution in [0.15, 0.2) is 23.5 Å². The summed E-state index contributed by atoms with van der Waals surface area (Å²) in [5.41, 5.74) is 6.47. The molecule has 1 N–H and O–H groups in total. The van der Waals surface area contributed by atoms with Gasteiger partial charge in [-0.2, -0.15) is 0 Å². The molecule has 2 saturated heterocycles. The molecular weight excluding hydrogens is 493 g/mol. The summed E-state index contributed by atoms with van der Waals surface area (Å²) >= 11 is 1.60. The fourth-order valence-corrected chi connectivity index (χ4v) is 6.91. The SMILES string of the molecule is Cc1ccnc(N2NC3=C(CN(C(=O)N4C[C@@H](C)N(C5CCOCC5)C[C@@H]4C)C3(C)C)C2[AsH2])n1. The van der Waals surface area contributed by atoms with E-state index < -0.39 is 5.54 Å². The second-order valence-corrected chi connectivity index (χ2v) is 12.0. The number of hydrogen-bond acceptors (Lipinski definition) is 7. The van der Waals surface area contributed by atoms with E-state index in [-0.39, 0.29) is 16.9 Å². The van der Waals surface area contributed by atoms with Gasteiger partial charge < -0.3 is 4.74 Å². The quantitative estimate of drug-likeness (QED) is 0.574. The number of anilines is 1. The molecule has 10 heteroatoms. The van der Waals surface area contributed by atoms with E-state index in [1.54, 1.807) is 23.0 Å². The molecular formula is C24H38AsN7O2. The van der Waals surface area contributed by atoms with Crippen molar-refractivity contribution >= 4 is 28.8 Å². The fraction of sp³-hybridized carbons (Fsp3) is 0.708. The number of ether oxygens (including phenoxy) is 1. The first kappa shape index (κ1) is 23.9. The normalized spacial score (nSPS) is 30.1. The van der Waals surface area contributed by atoms with Gasteiger partial charge >= 0.3 is 207 Å². The minimum absolute atomic E-state index is 0.142. The van der Waals surface area contributed by atoms with Crippen LogP contribution in [0.4, 0.5) is 10.7 Å². The van der Waals surface area contributed by atoms with Gasteiger partial charge in [-0.25, -0.2) is 0 Å². The monoisotopic (exact) mass is 531 g/mol. The van der Waals surface area contributed by atoms with E-state index in [9.17, 15) is 4.79 Å². The molecule has 5 rings (SSSR count). The summed E-state index contributed by atoms with van der Waals surface area (Å²) in [6, 6.07) is 3.15. The number of urea groups is 1. The predicted molar refractivity (Wildman–Crippen MR) is 134 cm³/mol. The second kappa shape index (κ2) is 8.99. The van der Waals surface area contributed by atoms with Crippen molar-refractivity contribution in [1.29, 1.82) is 0 Å². The number of rotatable bonds is 2. The Kier molecular flexibility index (Phi) is 6.32. The van der Waals surface area contributed by atoms with Crippen molar-refractivity contribution in [2.75, 3.05) is 37.9 Å². The molecule has 5 heterocycles. The number of aromatic nitrogens is 2. The van der Waals surface area contributed by atoms with Gasteiger partial charge in [-0.3, -0.25) is 0 Å². The van der Waals surface area contributed by atoms with Crippen LogP contribution in [0.2, 0.25) is 0 Å². The van der Waals surface area contributed by atoms with Crippen LogP contribution < -0.4 is 10.4 Å². The van der Waals surface area contributed by atoms with Crippen molar-refractivity contribution in [1.82, 2.24) is 30.1 Å². The maximum atomic E-state index is 13.9. The van der Waals surface area contributed by atoms with E-state index in [0.29, 0.717) is 24.6 Å². The summed E-state index contributed by atoms with van der Waals surface area (Å²) in [6.07, 6.45) is 3.98. The zero-order chi connectivity index (χ0) is 24.2. The molecule has 0 aromatic carbocycles. The average molecular weight is 532 g/mol. The first-order valence-corrected chi connectivity index (χ1v) is 13.8. The Balaban J connectivity index is 1.29. The van der Waals surface area contributed by atoms with Crippen molar-refractivity contribution < 1.29 is 9.53 Å². The van der Waals surface area contributed by atoms with E-state index in [1.807, 2.05) is 13.0 Å². The Morgan fingerprint density at radius 3 is 2.62 bits per heavy atom. The summed E-state index contributed by atoms with van der Waals surface area (Å²) < 4.78 is 5.57. The van der Waals surface area contributed by atoms with Crippen LogP contribution in [0.3, 0.4) is 0 Å². The van der Waals surface area contributed by atoms with Crippen LogP contribution in [0, 0.1) is 6.92 Å². The first-order valence-electron chi connectivity index (χ1n) is 12.4. The molecule has 186 valence electrons. The first-order chi connectivity index (χ1) is 16.2. The Labute approximate surface area is 211 Å². The molecule has 4 aliphatic heterocycles. The third-order valence-electron chi connectivity index (χ3n) is 7.97. The maximum absolute atomic E-state index is 13.9. The number of hydrazine groups is 1. The molecule has 9 nitrogen and oxygen atoms in total. The number of hydrogen-bond donors (Lipinski definition) is 1. The number of aryl methyl sites for hydroxylation is 1. The number of piperazine rings is 1. The molecule has 2 unspecified atom stereocenters. The molecule has 4 aliphatic rings. The molecule has 0 aliphatic carbocycles. The van der Waals surface area contributed by atoms with Crippen molar-refractivity contribution in [3.05, 3.63) is 29.2 Å². The molecule has 2 amide bonds. The number of nitrogens with one attached hydrogen (secondary N) is 1. The minimum atomic E-state index is -0.421. The van der Waals surface area contributed by atoms with Crippen LogP contribution >= 0.6 is 0 Å². The Morgan fingerprint density at radius 2 is 1.94 bits per heavy atom. The van der Waals surface area contributed by atoms with Crippen LogP contribution in [-0.2, 0) is 4.74 Å². The van der Waals surface area contributed by atoms with E-state index in [0.717, 1.165) is 50.5 Å². The Morgan fingerprint density at radius 1 is 1.21 bits per heavy atom. The van der Waals surface area contributed by atoms with Crippen molar-refractivity contribution in [3.8, 4) is 0 Å². The molecule has 0 saturated carbocycles. The number of carbonyl (C=O) groups excluding carboxylic acids is 1. The Bertz CT molecular complexity index is 980. The van der Waals surface area contributed by atoms with Gasteiger partial charge in [0.2, 0.25) is 0 Å². The molecule has 2 fully saturated rings. The third kappa shape index (κ3) is 3.99. The van der Waals surface area contributed by atoms with Gasteiger partial charge in [0, 0.05) is 0 Å². The van der Waals surface area contributed by atoms with Crippen molar-refractivity contribution in [3.63, 3.8) is 0 Å². The van der Waals surface area contributed by atoms with Gasteiger partial charge in [-0.15, -0.1) is 0 Å². The third-order valence-corrected chi connectivity index (χ3v) is 9.44. The molecule has 1 aromatic rings. The summed E-state index contributed by atoms with van der Waals surface area (Å²) in [4.78, 5) is 29.9. The zero-order valence-corrected chi connectivity index (χ0v) is 23.4. The van der Waals surface area contributed by atoms with Crippen LogP contribution in [-0.4, -0.2) is 109 Å². The molecule has 0 radical (unpaired) electrons. The van der Waals surface area contributed by atoms with Gasteiger partial charge in [0.05, 0.1) is 0 Å². The number of amides is 2. The average Bonchev–Trinajstić information content (AvgIpc) is 3.28.